The van der Waals surface area contributed by atoms with E-state index in [1.807, 2.05) is 0 Å². The van der Waals surface area contributed by atoms with E-state index < -0.39 is 11.7 Å². The first-order valence-corrected chi connectivity index (χ1v) is 6.97. The van der Waals surface area contributed by atoms with Gasteiger partial charge in [-0.3, -0.25) is 4.79 Å². The molecule has 1 unspecified atom stereocenters. The highest BCUT2D eigenvalue weighted by atomic mass is 19.4. The van der Waals surface area contributed by atoms with Crippen molar-refractivity contribution in [1.82, 2.24) is 10.2 Å². The second kappa shape index (κ2) is 6.05. The molecular weight excluding hydrogens is 281 g/mol. The predicted molar refractivity (Wildman–Crippen MR) is 73.7 cm³/mol. The van der Waals surface area contributed by atoms with Crippen molar-refractivity contribution in [3.63, 3.8) is 0 Å². The van der Waals surface area contributed by atoms with Gasteiger partial charge in [-0.25, -0.2) is 0 Å². The Balaban J connectivity index is 2.24. The topological polar surface area (TPSA) is 32.3 Å². The van der Waals surface area contributed by atoms with Crippen LogP contribution in [0.4, 0.5) is 13.2 Å². The molecule has 1 atom stereocenters. The van der Waals surface area contributed by atoms with Gasteiger partial charge in [-0.15, -0.1) is 0 Å². The summed E-state index contributed by atoms with van der Waals surface area (Å²) in [5, 5.41) is 2.80. The maximum absolute atomic E-state index is 12.8. The zero-order valence-electron chi connectivity index (χ0n) is 12.1. The maximum atomic E-state index is 12.8. The highest BCUT2D eigenvalue weighted by Crippen LogP contribution is 2.36. The molecular formula is C15H19F3N2O. The van der Waals surface area contributed by atoms with Crippen molar-refractivity contribution in [3.05, 3.63) is 35.4 Å². The summed E-state index contributed by atoms with van der Waals surface area (Å²) in [6.07, 6.45) is -2.54. The monoisotopic (exact) mass is 300 g/mol. The number of rotatable bonds is 5. The molecule has 1 amide bonds. The second-order valence-corrected chi connectivity index (χ2v) is 5.36. The Hall–Kier alpha value is -1.56. The molecule has 21 heavy (non-hydrogen) atoms. The van der Waals surface area contributed by atoms with Gasteiger partial charge in [-0.1, -0.05) is 12.1 Å². The van der Waals surface area contributed by atoms with E-state index in [1.54, 1.807) is 24.9 Å². The molecule has 3 nitrogen and oxygen atoms in total. The Labute approximate surface area is 122 Å². The second-order valence-electron chi connectivity index (χ2n) is 5.36. The first-order valence-electron chi connectivity index (χ1n) is 6.97. The summed E-state index contributed by atoms with van der Waals surface area (Å²) in [5.41, 5.74) is -0.162. The van der Waals surface area contributed by atoms with Crippen LogP contribution in [-0.4, -0.2) is 30.4 Å². The van der Waals surface area contributed by atoms with Crippen molar-refractivity contribution in [2.24, 2.45) is 0 Å². The molecule has 1 aliphatic rings. The van der Waals surface area contributed by atoms with E-state index in [-0.39, 0.29) is 24.5 Å². The highest BCUT2D eigenvalue weighted by molar-refractivity contribution is 5.79. The number of hydrogen-bond acceptors (Lipinski definition) is 2. The number of amides is 1. The molecule has 1 aromatic rings. The zero-order chi connectivity index (χ0) is 15.6. The van der Waals surface area contributed by atoms with Crippen LogP contribution in [0.1, 0.15) is 36.9 Å². The smallest absolute Gasteiger partial charge is 0.332 e. The fourth-order valence-corrected chi connectivity index (χ4v) is 2.47. The molecule has 0 aliphatic heterocycles. The summed E-state index contributed by atoms with van der Waals surface area (Å²) in [6, 6.07) is 5.00. The van der Waals surface area contributed by atoms with Crippen molar-refractivity contribution in [1.29, 1.82) is 0 Å². The van der Waals surface area contributed by atoms with Crippen molar-refractivity contribution in [2.75, 3.05) is 13.6 Å². The third-order valence-corrected chi connectivity index (χ3v) is 3.67. The van der Waals surface area contributed by atoms with Crippen LogP contribution in [-0.2, 0) is 11.0 Å². The van der Waals surface area contributed by atoms with Crippen LogP contribution in [0.25, 0.3) is 0 Å². The van der Waals surface area contributed by atoms with Crippen molar-refractivity contribution >= 4 is 5.91 Å². The molecule has 0 saturated heterocycles. The fraction of sp³-hybridized carbons (Fsp3) is 0.533. The van der Waals surface area contributed by atoms with Crippen LogP contribution in [0, 0.1) is 0 Å². The number of hydrogen-bond donors (Lipinski definition) is 1. The third-order valence-electron chi connectivity index (χ3n) is 3.67. The lowest BCUT2D eigenvalue weighted by atomic mass is 10.0. The lowest BCUT2D eigenvalue weighted by Crippen LogP contribution is -2.40. The lowest BCUT2D eigenvalue weighted by Gasteiger charge is -2.30. The Bertz CT molecular complexity index is 512. The van der Waals surface area contributed by atoms with E-state index >= 15 is 0 Å². The molecule has 0 bridgehead atoms. The minimum Gasteiger partial charge on any atom is -0.332 e. The minimum absolute atomic E-state index is 0.0788. The predicted octanol–water partition coefficient (Wildman–Crippen LogP) is 2.98. The Morgan fingerprint density at radius 1 is 1.43 bits per heavy atom. The molecule has 0 spiro atoms. The average Bonchev–Trinajstić information content (AvgIpc) is 3.23. The first-order chi connectivity index (χ1) is 9.84. The number of nitrogens with zero attached hydrogens (tertiary/aromatic N) is 1. The van der Waals surface area contributed by atoms with Crippen molar-refractivity contribution < 1.29 is 18.0 Å². The van der Waals surface area contributed by atoms with Gasteiger partial charge in [-0.05, 0) is 44.5 Å². The molecule has 0 aromatic heterocycles. The zero-order valence-corrected chi connectivity index (χ0v) is 12.1. The summed E-state index contributed by atoms with van der Waals surface area (Å²) in [4.78, 5) is 13.9. The summed E-state index contributed by atoms with van der Waals surface area (Å²) >= 11 is 0. The number of carbonyl (C=O) groups is 1. The number of likely N-dealkylation sites (N-methyl/N-ethyl adjacent to an activating group) is 1. The highest BCUT2D eigenvalue weighted by Gasteiger charge is 2.37. The standard InChI is InChI=1S/C15H19F3N2O/c1-10(20(13-6-7-13)14(21)9-19-2)11-4-3-5-12(8-11)15(16,17)18/h3-5,8,10,13,19H,6-7,9H2,1-2H3. The van der Waals surface area contributed by atoms with E-state index in [0.717, 1.165) is 25.0 Å². The molecule has 1 aliphatic carbocycles. The molecule has 1 fully saturated rings. The molecule has 6 heteroatoms. The van der Waals surface area contributed by atoms with Gasteiger partial charge in [0.15, 0.2) is 0 Å². The SMILES string of the molecule is CNCC(=O)N(C1CC1)C(C)c1cccc(C(F)(F)F)c1. The summed E-state index contributed by atoms with van der Waals surface area (Å²) < 4.78 is 38.4. The normalized spacial score (nSPS) is 16.6. The van der Waals surface area contributed by atoms with E-state index in [0.29, 0.717) is 5.56 Å². The third kappa shape index (κ3) is 3.75. The molecule has 2 rings (SSSR count). The number of alkyl halides is 3. The summed E-state index contributed by atoms with van der Waals surface area (Å²) in [7, 11) is 1.68. The molecule has 1 saturated carbocycles. The van der Waals surface area contributed by atoms with Gasteiger partial charge >= 0.3 is 6.18 Å². The Kier molecular flexibility index (Phi) is 4.56. The van der Waals surface area contributed by atoms with Crippen LogP contribution >= 0.6 is 0 Å². The summed E-state index contributed by atoms with van der Waals surface area (Å²) in [6.45, 7) is 1.97. The van der Waals surface area contributed by atoms with Gasteiger partial charge in [0.1, 0.15) is 0 Å². The fourth-order valence-electron chi connectivity index (χ4n) is 2.47. The number of halogens is 3. The van der Waals surface area contributed by atoms with Gasteiger partial charge in [0.25, 0.3) is 0 Å². The largest absolute Gasteiger partial charge is 0.416 e. The van der Waals surface area contributed by atoms with Gasteiger partial charge in [0.2, 0.25) is 5.91 Å². The van der Waals surface area contributed by atoms with Gasteiger partial charge in [0.05, 0.1) is 18.2 Å². The van der Waals surface area contributed by atoms with E-state index in [1.165, 1.54) is 6.07 Å². The molecule has 116 valence electrons. The molecule has 0 heterocycles. The molecule has 1 aromatic carbocycles. The van der Waals surface area contributed by atoms with Gasteiger partial charge in [0, 0.05) is 6.04 Å². The van der Waals surface area contributed by atoms with Crippen LogP contribution in [0.2, 0.25) is 0 Å². The number of carbonyl (C=O) groups excluding carboxylic acids is 1. The number of nitrogens with one attached hydrogen (secondary N) is 1. The van der Waals surface area contributed by atoms with Crippen LogP contribution in [0.15, 0.2) is 24.3 Å². The molecule has 0 radical (unpaired) electrons. The average molecular weight is 300 g/mol. The van der Waals surface area contributed by atoms with Crippen LogP contribution < -0.4 is 5.32 Å². The first kappa shape index (κ1) is 15.8. The van der Waals surface area contributed by atoms with E-state index in [9.17, 15) is 18.0 Å². The quantitative estimate of drug-likeness (QED) is 0.906. The van der Waals surface area contributed by atoms with Gasteiger partial charge < -0.3 is 10.2 Å². The minimum atomic E-state index is -4.37. The van der Waals surface area contributed by atoms with Crippen molar-refractivity contribution in [3.8, 4) is 0 Å². The Morgan fingerprint density at radius 2 is 2.10 bits per heavy atom. The Morgan fingerprint density at radius 3 is 2.62 bits per heavy atom. The molecule has 1 N–H and O–H groups in total. The van der Waals surface area contributed by atoms with E-state index in [4.69, 9.17) is 0 Å². The van der Waals surface area contributed by atoms with Gasteiger partial charge in [-0.2, -0.15) is 13.2 Å². The van der Waals surface area contributed by atoms with E-state index in [2.05, 4.69) is 5.32 Å². The van der Waals surface area contributed by atoms with Crippen LogP contribution in [0.5, 0.6) is 0 Å². The lowest BCUT2D eigenvalue weighted by molar-refractivity contribution is -0.137. The van der Waals surface area contributed by atoms with Crippen LogP contribution in [0.3, 0.4) is 0 Å². The van der Waals surface area contributed by atoms with Crippen molar-refractivity contribution in [2.45, 2.75) is 38.0 Å². The number of benzene rings is 1. The summed E-state index contributed by atoms with van der Waals surface area (Å²) in [5.74, 6) is -0.0788. The maximum Gasteiger partial charge on any atom is 0.416 e.